The Hall–Kier alpha value is -3.54. The fraction of sp³-hybridized carbons (Fsp3) is 0.182. The lowest BCUT2D eigenvalue weighted by molar-refractivity contribution is -0.135. The summed E-state index contributed by atoms with van der Waals surface area (Å²) < 4.78 is 15.1. The van der Waals surface area contributed by atoms with Crippen molar-refractivity contribution in [3.63, 3.8) is 0 Å². The minimum atomic E-state index is -0.681. The van der Waals surface area contributed by atoms with Crippen LogP contribution in [0.5, 0.6) is 0 Å². The van der Waals surface area contributed by atoms with Crippen molar-refractivity contribution in [1.29, 1.82) is 0 Å². The molecule has 0 aromatic heterocycles. The van der Waals surface area contributed by atoms with Gasteiger partial charge in [0.25, 0.3) is 0 Å². The van der Waals surface area contributed by atoms with Crippen molar-refractivity contribution in [2.24, 2.45) is 0 Å². The molecular weight excluding hydrogens is 360 g/mol. The van der Waals surface area contributed by atoms with E-state index < -0.39 is 11.9 Å². The summed E-state index contributed by atoms with van der Waals surface area (Å²) in [5.74, 6) is -0.405. The van der Waals surface area contributed by atoms with Crippen LogP contribution in [0.4, 0.5) is 0 Å². The molecule has 0 fully saturated rings. The van der Waals surface area contributed by atoms with E-state index >= 15 is 0 Å². The summed E-state index contributed by atoms with van der Waals surface area (Å²) in [6.45, 7) is 15.4. The molecule has 0 heterocycles. The Morgan fingerprint density at radius 2 is 1.54 bits per heavy atom. The van der Waals surface area contributed by atoms with Gasteiger partial charge in [0.2, 0.25) is 0 Å². The summed E-state index contributed by atoms with van der Waals surface area (Å²) in [5.41, 5.74) is 0.396. The molecule has 28 heavy (non-hydrogen) atoms. The number of allylic oxidation sites excluding steroid dienone is 8. The van der Waals surface area contributed by atoms with E-state index in [0.717, 1.165) is 0 Å². The summed E-state index contributed by atoms with van der Waals surface area (Å²) in [4.78, 5) is 23.9. The first-order chi connectivity index (χ1) is 13.1. The third kappa shape index (κ3) is 10.5. The molecule has 0 rings (SSSR count). The minimum absolute atomic E-state index is 0.0720. The molecule has 0 amide bonds. The summed E-state index contributed by atoms with van der Waals surface area (Å²) in [7, 11) is 1.45. The molecule has 0 saturated carbocycles. The number of esters is 2. The van der Waals surface area contributed by atoms with Crippen LogP contribution in [0.3, 0.4) is 0 Å². The van der Waals surface area contributed by atoms with E-state index in [0.29, 0.717) is 11.3 Å². The van der Waals surface area contributed by atoms with Crippen molar-refractivity contribution in [3.05, 3.63) is 96.5 Å². The fourth-order valence-electron chi connectivity index (χ4n) is 1.42. The van der Waals surface area contributed by atoms with Gasteiger partial charge in [0.05, 0.1) is 18.4 Å². The second-order valence-electron chi connectivity index (χ2n) is 5.52. The first kappa shape index (κ1) is 24.5. The predicted molar refractivity (Wildman–Crippen MR) is 109 cm³/mol. The molecule has 0 aromatic rings. The molecule has 0 aliphatic carbocycles. The summed E-state index contributed by atoms with van der Waals surface area (Å²) in [6, 6.07) is 0. The Bertz CT molecular complexity index is 784. The number of rotatable bonds is 10. The summed E-state index contributed by atoms with van der Waals surface area (Å²) in [5, 5.41) is 9.10. The van der Waals surface area contributed by atoms with Gasteiger partial charge < -0.3 is 19.3 Å². The zero-order chi connectivity index (χ0) is 21.7. The number of ether oxygens (including phenoxy) is 3. The highest BCUT2D eigenvalue weighted by molar-refractivity contribution is 5.91. The van der Waals surface area contributed by atoms with E-state index in [1.54, 1.807) is 13.8 Å². The predicted octanol–water partition coefficient (Wildman–Crippen LogP) is 4.73. The molecule has 6 nitrogen and oxygen atoms in total. The number of carbonyl (C=O) groups excluding carboxylic acids is 2. The van der Waals surface area contributed by atoms with Crippen LogP contribution in [0.1, 0.15) is 20.8 Å². The van der Waals surface area contributed by atoms with E-state index in [1.165, 1.54) is 56.6 Å². The molecule has 0 saturated heterocycles. The van der Waals surface area contributed by atoms with Crippen molar-refractivity contribution in [2.45, 2.75) is 20.8 Å². The zero-order valence-electron chi connectivity index (χ0n) is 16.7. The van der Waals surface area contributed by atoms with Gasteiger partial charge in [-0.3, -0.25) is 0 Å². The normalized spacial score (nSPS) is 13.1. The molecule has 0 aromatic carbocycles. The molecule has 0 unspecified atom stereocenters. The Labute approximate surface area is 165 Å². The minimum Gasteiger partial charge on any atom is -0.513 e. The van der Waals surface area contributed by atoms with Gasteiger partial charge >= 0.3 is 11.9 Å². The molecule has 0 spiro atoms. The average Bonchev–Trinajstić information content (AvgIpc) is 2.66. The highest BCUT2D eigenvalue weighted by Gasteiger charge is 2.08. The topological polar surface area (TPSA) is 82.1 Å². The monoisotopic (exact) mass is 386 g/mol. The third-order valence-corrected chi connectivity index (χ3v) is 3.04. The van der Waals surface area contributed by atoms with E-state index in [2.05, 4.69) is 19.7 Å². The second-order valence-corrected chi connectivity index (χ2v) is 5.52. The zero-order valence-corrected chi connectivity index (χ0v) is 16.7. The molecule has 0 atom stereocenters. The number of aliphatic hydroxyl groups excluding tert-OH is 1. The Balaban J connectivity index is 5.01. The maximum Gasteiger partial charge on any atom is 0.342 e. The van der Waals surface area contributed by atoms with Gasteiger partial charge in [-0.1, -0.05) is 19.7 Å². The maximum absolute atomic E-state index is 12.0. The molecule has 0 aliphatic heterocycles. The smallest absolute Gasteiger partial charge is 0.342 e. The van der Waals surface area contributed by atoms with Crippen LogP contribution < -0.4 is 0 Å². The van der Waals surface area contributed by atoms with Crippen molar-refractivity contribution >= 4 is 11.9 Å². The largest absolute Gasteiger partial charge is 0.513 e. The standard InChI is InChI=1S/C22H26O6/c1-8-20(28-22(25)16(3)10-12-18(5)26-7)14-13-19(6)27-21(24)15(2)9-11-17(4)23/h8-14,23H,1,3,5H2,2,4,6-7H3/b12-10-,15-9+,17-11+,19-13+,20-14+. The SMILES string of the molecule is C=C/C(=C\C=C(/C)OC(=O)/C(C)=C/C=C(\C)O)OC(=O)C(=C)/C=C\C(=C)OC. The highest BCUT2D eigenvalue weighted by Crippen LogP contribution is 2.09. The molecule has 1 N–H and O–H groups in total. The van der Waals surface area contributed by atoms with Gasteiger partial charge in [0.1, 0.15) is 17.3 Å². The Morgan fingerprint density at radius 3 is 2.07 bits per heavy atom. The highest BCUT2D eigenvalue weighted by atomic mass is 16.5. The number of carbonyl (C=O) groups is 2. The lowest BCUT2D eigenvalue weighted by atomic mass is 10.2. The van der Waals surface area contributed by atoms with Gasteiger partial charge in [-0.25, -0.2) is 9.59 Å². The van der Waals surface area contributed by atoms with Gasteiger partial charge in [-0.05, 0) is 63.3 Å². The molecule has 6 heteroatoms. The lowest BCUT2D eigenvalue weighted by Crippen LogP contribution is -2.05. The van der Waals surface area contributed by atoms with Crippen LogP contribution in [0.2, 0.25) is 0 Å². The van der Waals surface area contributed by atoms with Crippen molar-refractivity contribution in [1.82, 2.24) is 0 Å². The maximum atomic E-state index is 12.0. The first-order valence-corrected chi connectivity index (χ1v) is 8.20. The number of hydrogen-bond donors (Lipinski definition) is 1. The average molecular weight is 386 g/mol. The van der Waals surface area contributed by atoms with E-state index in [4.69, 9.17) is 19.3 Å². The number of hydrogen-bond acceptors (Lipinski definition) is 6. The van der Waals surface area contributed by atoms with Gasteiger partial charge in [0, 0.05) is 5.57 Å². The fourth-order valence-corrected chi connectivity index (χ4v) is 1.42. The van der Waals surface area contributed by atoms with Crippen LogP contribution >= 0.6 is 0 Å². The van der Waals surface area contributed by atoms with Crippen molar-refractivity contribution < 1.29 is 28.9 Å². The van der Waals surface area contributed by atoms with Crippen molar-refractivity contribution in [3.8, 4) is 0 Å². The van der Waals surface area contributed by atoms with E-state index in [-0.39, 0.29) is 22.9 Å². The Kier molecular flexibility index (Phi) is 11.1. The van der Waals surface area contributed by atoms with Crippen LogP contribution in [0, 0.1) is 0 Å². The molecular formula is C22H26O6. The molecule has 0 bridgehead atoms. The third-order valence-electron chi connectivity index (χ3n) is 3.04. The molecule has 0 aliphatic rings. The lowest BCUT2D eigenvalue weighted by Gasteiger charge is -2.05. The van der Waals surface area contributed by atoms with Gasteiger partial charge in [-0.2, -0.15) is 0 Å². The van der Waals surface area contributed by atoms with Crippen LogP contribution in [0.25, 0.3) is 0 Å². The molecule has 150 valence electrons. The van der Waals surface area contributed by atoms with Gasteiger partial charge in [-0.15, -0.1) is 0 Å². The quantitative estimate of drug-likeness (QED) is 0.253. The van der Waals surface area contributed by atoms with Crippen LogP contribution in [-0.4, -0.2) is 24.2 Å². The van der Waals surface area contributed by atoms with Crippen LogP contribution in [-0.2, 0) is 23.8 Å². The van der Waals surface area contributed by atoms with E-state index in [9.17, 15) is 9.59 Å². The number of aliphatic hydroxyl groups is 1. The second kappa shape index (κ2) is 12.8. The van der Waals surface area contributed by atoms with Gasteiger partial charge in [0.15, 0.2) is 0 Å². The molecule has 0 radical (unpaired) electrons. The van der Waals surface area contributed by atoms with Crippen LogP contribution in [0.15, 0.2) is 96.5 Å². The number of methoxy groups -OCH3 is 1. The van der Waals surface area contributed by atoms with Crippen molar-refractivity contribution in [2.75, 3.05) is 7.11 Å². The first-order valence-electron chi connectivity index (χ1n) is 8.20. The summed E-state index contributed by atoms with van der Waals surface area (Å²) >= 11 is 0. The summed E-state index contributed by atoms with van der Waals surface area (Å²) in [6.07, 6.45) is 9.92. The van der Waals surface area contributed by atoms with E-state index in [1.807, 2.05) is 0 Å². The Morgan fingerprint density at radius 1 is 0.893 bits per heavy atom.